The highest BCUT2D eigenvalue weighted by molar-refractivity contribution is 6.19. The van der Waals surface area contributed by atoms with Crippen molar-refractivity contribution >= 4 is 28.4 Å². The highest BCUT2D eigenvalue weighted by Crippen LogP contribution is 2.32. The molecule has 3 rings (SSSR count). The minimum atomic E-state index is -0.626. The molecule has 1 aromatic heterocycles. The Bertz CT molecular complexity index is 708. The van der Waals surface area contributed by atoms with E-state index in [0.29, 0.717) is 13.0 Å². The summed E-state index contributed by atoms with van der Waals surface area (Å²) in [5, 5.41) is 10.9. The van der Waals surface area contributed by atoms with Gasteiger partial charge >= 0.3 is 0 Å². The van der Waals surface area contributed by atoms with Gasteiger partial charge in [-0.3, -0.25) is 4.79 Å². The van der Waals surface area contributed by atoms with Crippen molar-refractivity contribution in [2.45, 2.75) is 32.9 Å². The van der Waals surface area contributed by atoms with Crippen molar-refractivity contribution in [3.8, 4) is 0 Å². The maximum atomic E-state index is 12.8. The lowest BCUT2D eigenvalue weighted by Crippen LogP contribution is -2.51. The van der Waals surface area contributed by atoms with Gasteiger partial charge in [0, 0.05) is 22.5 Å². The van der Waals surface area contributed by atoms with E-state index in [1.807, 2.05) is 32.0 Å². The summed E-state index contributed by atoms with van der Waals surface area (Å²) in [6.07, 6.45) is 0.667. The molecule has 0 fully saturated rings. The smallest absolute Gasteiger partial charge is 0.230 e. The van der Waals surface area contributed by atoms with Crippen molar-refractivity contribution in [3.63, 3.8) is 0 Å². The molecule has 0 spiro atoms. The third kappa shape index (κ3) is 2.40. The van der Waals surface area contributed by atoms with E-state index in [2.05, 4.69) is 11.1 Å². The number of para-hydroxylation sites is 1. The van der Waals surface area contributed by atoms with E-state index in [4.69, 9.17) is 11.6 Å². The summed E-state index contributed by atoms with van der Waals surface area (Å²) in [4.78, 5) is 17.9. The zero-order valence-corrected chi connectivity index (χ0v) is 13.7. The summed E-state index contributed by atoms with van der Waals surface area (Å²) in [6.45, 7) is 4.15. The number of carbonyl (C=O) groups is 1. The van der Waals surface area contributed by atoms with Crippen LogP contribution in [-0.4, -0.2) is 39.4 Å². The fourth-order valence-electron chi connectivity index (χ4n) is 3.12. The second-order valence-electron chi connectivity index (χ2n) is 6.62. The van der Waals surface area contributed by atoms with Gasteiger partial charge in [-0.1, -0.05) is 18.2 Å². The molecular formula is C17H21ClN2O2. The van der Waals surface area contributed by atoms with Gasteiger partial charge in [-0.25, -0.2) is 0 Å². The highest BCUT2D eigenvalue weighted by Gasteiger charge is 2.38. The first kappa shape index (κ1) is 15.4. The normalized spacial score (nSPS) is 18.5. The Balaban J connectivity index is 2.00. The fraction of sp³-hybridized carbons (Fsp3) is 0.471. The summed E-state index contributed by atoms with van der Waals surface area (Å²) in [5.41, 5.74) is 2.72. The van der Waals surface area contributed by atoms with Crippen LogP contribution in [0, 0.1) is 5.41 Å². The maximum absolute atomic E-state index is 12.8. The molecule has 1 aliphatic rings. The molecule has 2 N–H and O–H groups in total. The van der Waals surface area contributed by atoms with Gasteiger partial charge in [0.2, 0.25) is 5.91 Å². The summed E-state index contributed by atoms with van der Waals surface area (Å²) < 4.78 is 0. The summed E-state index contributed by atoms with van der Waals surface area (Å²) in [5.74, 6) is 0.255. The van der Waals surface area contributed by atoms with Crippen LogP contribution in [-0.2, 0) is 17.8 Å². The van der Waals surface area contributed by atoms with E-state index in [9.17, 15) is 9.90 Å². The molecule has 0 aliphatic carbocycles. The lowest BCUT2D eigenvalue weighted by Gasteiger charge is -2.39. The van der Waals surface area contributed by atoms with Gasteiger partial charge in [0.05, 0.1) is 24.6 Å². The highest BCUT2D eigenvalue weighted by atomic mass is 35.5. The molecule has 1 aliphatic heterocycles. The molecular weight excluding hydrogens is 300 g/mol. The average molecular weight is 321 g/mol. The molecule has 1 aromatic carbocycles. The molecule has 1 amide bonds. The third-order valence-electron chi connectivity index (χ3n) is 4.50. The number of hydrogen-bond acceptors (Lipinski definition) is 2. The minimum absolute atomic E-state index is 0.00847. The van der Waals surface area contributed by atoms with E-state index in [-0.39, 0.29) is 24.4 Å². The predicted molar refractivity (Wildman–Crippen MR) is 87.9 cm³/mol. The van der Waals surface area contributed by atoms with Gasteiger partial charge in [0.25, 0.3) is 0 Å². The molecule has 22 heavy (non-hydrogen) atoms. The zero-order chi connectivity index (χ0) is 15.9. The number of H-pyrrole nitrogens is 1. The lowest BCUT2D eigenvalue weighted by atomic mass is 9.90. The largest absolute Gasteiger partial charge is 0.394 e. The van der Waals surface area contributed by atoms with Crippen LogP contribution in [0.3, 0.4) is 0 Å². The van der Waals surface area contributed by atoms with Gasteiger partial charge in [0.15, 0.2) is 0 Å². The quantitative estimate of drug-likeness (QED) is 0.854. The Kier molecular flexibility index (Phi) is 3.91. The molecule has 2 heterocycles. The number of halogens is 1. The van der Waals surface area contributed by atoms with Crippen LogP contribution in [0.2, 0.25) is 0 Å². The molecule has 0 saturated heterocycles. The number of aliphatic hydroxyl groups excluding tert-OH is 1. The molecule has 0 saturated carbocycles. The number of rotatable bonds is 3. The first-order valence-electron chi connectivity index (χ1n) is 7.54. The number of aliphatic hydroxyl groups is 1. The van der Waals surface area contributed by atoms with Crippen LogP contribution in [0.25, 0.3) is 10.9 Å². The van der Waals surface area contributed by atoms with E-state index in [1.54, 1.807) is 4.90 Å². The Hall–Kier alpha value is -1.52. The van der Waals surface area contributed by atoms with E-state index < -0.39 is 5.41 Å². The van der Waals surface area contributed by atoms with Crippen LogP contribution >= 0.6 is 11.6 Å². The Labute approximate surface area is 135 Å². The topological polar surface area (TPSA) is 56.3 Å². The number of fused-ring (bicyclic) bond motifs is 3. The second kappa shape index (κ2) is 5.60. The van der Waals surface area contributed by atoms with Crippen molar-refractivity contribution in [2.75, 3.05) is 12.5 Å². The molecule has 1 unspecified atom stereocenters. The SMILES string of the molecule is CC(C)(CCl)C(=O)N1Cc2[nH]c3ccccc3c2CC1CO. The summed E-state index contributed by atoms with van der Waals surface area (Å²) in [6, 6.07) is 7.93. The third-order valence-corrected chi connectivity index (χ3v) is 5.16. The van der Waals surface area contributed by atoms with Crippen molar-refractivity contribution in [1.82, 2.24) is 9.88 Å². The molecule has 0 radical (unpaired) electrons. The lowest BCUT2D eigenvalue weighted by molar-refractivity contribution is -0.144. The number of nitrogens with zero attached hydrogens (tertiary/aromatic N) is 1. The number of hydrogen-bond donors (Lipinski definition) is 2. The van der Waals surface area contributed by atoms with Crippen LogP contribution in [0.4, 0.5) is 0 Å². The van der Waals surface area contributed by atoms with Gasteiger partial charge < -0.3 is 15.0 Å². The minimum Gasteiger partial charge on any atom is -0.394 e. The van der Waals surface area contributed by atoms with Crippen LogP contribution in [0.15, 0.2) is 24.3 Å². The van der Waals surface area contributed by atoms with Gasteiger partial charge in [-0.2, -0.15) is 0 Å². The average Bonchev–Trinajstić information content (AvgIpc) is 2.90. The zero-order valence-electron chi connectivity index (χ0n) is 12.9. The maximum Gasteiger partial charge on any atom is 0.230 e. The van der Waals surface area contributed by atoms with Crippen molar-refractivity contribution in [1.29, 1.82) is 0 Å². The van der Waals surface area contributed by atoms with Crippen molar-refractivity contribution in [2.24, 2.45) is 5.41 Å². The Morgan fingerprint density at radius 2 is 2.18 bits per heavy atom. The van der Waals surface area contributed by atoms with E-state index in [0.717, 1.165) is 11.2 Å². The fourth-order valence-corrected chi connectivity index (χ4v) is 3.23. The van der Waals surface area contributed by atoms with Crippen molar-refractivity contribution < 1.29 is 9.90 Å². The molecule has 118 valence electrons. The number of alkyl halides is 1. The second-order valence-corrected chi connectivity index (χ2v) is 6.89. The monoisotopic (exact) mass is 320 g/mol. The number of benzene rings is 1. The number of aromatic nitrogens is 1. The van der Waals surface area contributed by atoms with E-state index >= 15 is 0 Å². The van der Waals surface area contributed by atoms with Crippen LogP contribution in [0.5, 0.6) is 0 Å². The molecule has 5 heteroatoms. The summed E-state index contributed by atoms with van der Waals surface area (Å²) >= 11 is 5.94. The first-order chi connectivity index (χ1) is 10.5. The van der Waals surface area contributed by atoms with Gasteiger partial charge in [-0.05, 0) is 31.9 Å². The number of aromatic amines is 1. The van der Waals surface area contributed by atoms with E-state index in [1.165, 1.54) is 10.9 Å². The van der Waals surface area contributed by atoms with Crippen molar-refractivity contribution in [3.05, 3.63) is 35.5 Å². The molecule has 1 atom stereocenters. The number of carbonyl (C=O) groups excluding carboxylic acids is 1. The van der Waals surface area contributed by atoms with Gasteiger partial charge in [-0.15, -0.1) is 11.6 Å². The van der Waals surface area contributed by atoms with Crippen LogP contribution in [0.1, 0.15) is 25.1 Å². The molecule has 2 aromatic rings. The number of amides is 1. The predicted octanol–water partition coefficient (Wildman–Crippen LogP) is 2.68. The summed E-state index contributed by atoms with van der Waals surface area (Å²) in [7, 11) is 0. The molecule has 0 bridgehead atoms. The Morgan fingerprint density at radius 3 is 2.86 bits per heavy atom. The molecule has 4 nitrogen and oxygen atoms in total. The first-order valence-corrected chi connectivity index (χ1v) is 8.07. The standard InChI is InChI=1S/C17H21ClN2O2/c1-17(2,10-18)16(22)20-8-15-13(7-11(20)9-21)12-5-3-4-6-14(12)19-15/h3-6,11,19,21H,7-10H2,1-2H3. The number of nitrogens with one attached hydrogen (secondary N) is 1. The van der Waals surface area contributed by atoms with Crippen LogP contribution < -0.4 is 0 Å². The van der Waals surface area contributed by atoms with Gasteiger partial charge in [0.1, 0.15) is 0 Å². The Morgan fingerprint density at radius 1 is 1.45 bits per heavy atom.